The molecule has 0 fully saturated rings. The Morgan fingerprint density at radius 2 is 0.900 bits per heavy atom. The van der Waals surface area contributed by atoms with Gasteiger partial charge in [-0.3, -0.25) is 0 Å². The van der Waals surface area contributed by atoms with Crippen molar-refractivity contribution in [3.63, 3.8) is 0 Å². The van der Waals surface area contributed by atoms with E-state index in [9.17, 15) is 0 Å². The van der Waals surface area contributed by atoms with Gasteiger partial charge in [0.2, 0.25) is 0 Å². The van der Waals surface area contributed by atoms with E-state index >= 15 is 0 Å². The fraction of sp³-hybridized carbons (Fsp3) is 1.00. The van der Waals surface area contributed by atoms with Gasteiger partial charge in [0.15, 0.2) is 0 Å². The minimum absolute atomic E-state index is 0.0938. The molecule has 20 heavy (non-hydrogen) atoms. The third-order valence-corrected chi connectivity index (χ3v) is 11.2. The van der Waals surface area contributed by atoms with Gasteiger partial charge in [-0.25, -0.2) is 0 Å². The van der Waals surface area contributed by atoms with Crippen LogP contribution in [-0.2, 0) is 0 Å². The van der Waals surface area contributed by atoms with Crippen LogP contribution in [-0.4, -0.2) is 51.7 Å². The monoisotopic (exact) mass is 316 g/mol. The van der Waals surface area contributed by atoms with E-state index in [0.29, 0.717) is 11.1 Å². The van der Waals surface area contributed by atoms with Crippen LogP contribution in [0.2, 0.25) is 0 Å². The third kappa shape index (κ3) is 8.60. The third-order valence-electron chi connectivity index (χ3n) is 3.71. The first-order valence-corrected chi connectivity index (χ1v) is 13.6. The van der Waals surface area contributed by atoms with Gasteiger partial charge in [-0.2, -0.15) is 0 Å². The van der Waals surface area contributed by atoms with E-state index in [1.165, 1.54) is 13.1 Å². The zero-order valence-electron chi connectivity index (χ0n) is 15.9. The van der Waals surface area contributed by atoms with Crippen molar-refractivity contribution < 1.29 is 0 Å². The second-order valence-corrected chi connectivity index (χ2v) is 14.1. The van der Waals surface area contributed by atoms with Crippen LogP contribution in [0.4, 0.5) is 0 Å². The summed E-state index contributed by atoms with van der Waals surface area (Å²) in [5, 5.41) is 0. The van der Waals surface area contributed by atoms with E-state index in [1.807, 2.05) is 0 Å². The second-order valence-electron chi connectivity index (χ2n) is 9.02. The minimum Gasteiger partial charge on any atom is -0.326 e. The lowest BCUT2D eigenvalue weighted by atomic mass is 10.1. The summed E-state index contributed by atoms with van der Waals surface area (Å²) in [6.45, 7) is 26.3. The van der Waals surface area contributed by atoms with Gasteiger partial charge >= 0.3 is 0 Å². The zero-order chi connectivity index (χ0) is 16.1. The molecule has 0 bridgehead atoms. The van der Waals surface area contributed by atoms with Gasteiger partial charge < -0.3 is 9.13 Å². The van der Waals surface area contributed by atoms with Gasteiger partial charge in [-0.1, -0.05) is 27.7 Å². The van der Waals surface area contributed by atoms with Crippen LogP contribution < -0.4 is 0 Å². The van der Waals surface area contributed by atoms with Gasteiger partial charge in [0, 0.05) is 11.1 Å². The van der Waals surface area contributed by atoms with Crippen molar-refractivity contribution in [2.24, 2.45) is 11.8 Å². The molecule has 2 nitrogen and oxygen atoms in total. The van der Waals surface area contributed by atoms with E-state index in [0.717, 1.165) is 11.8 Å². The summed E-state index contributed by atoms with van der Waals surface area (Å²) in [7, 11) is -0.188. The fourth-order valence-electron chi connectivity index (χ4n) is 2.52. The molecule has 0 aromatic rings. The highest BCUT2D eigenvalue weighted by Gasteiger charge is 2.26. The second kappa shape index (κ2) is 8.11. The first-order chi connectivity index (χ1) is 8.84. The predicted molar refractivity (Wildman–Crippen MR) is 99.7 cm³/mol. The Balaban J connectivity index is 4.70. The Bertz CT molecular complexity index is 237. The Hall–Kier alpha value is 0.354. The van der Waals surface area contributed by atoms with Gasteiger partial charge in [0.05, 0.1) is 18.4 Å². The molecule has 4 heteroatoms. The first-order valence-electron chi connectivity index (χ1n) is 8.34. The molecule has 0 rings (SSSR count). The Morgan fingerprint density at radius 3 is 1.05 bits per heavy atom. The molecule has 0 atom stereocenters. The number of nitrogens with zero attached hydrogens (tertiary/aromatic N) is 2. The van der Waals surface area contributed by atoms with E-state index in [2.05, 4.69) is 78.4 Å². The Kier molecular flexibility index (Phi) is 8.25. The molecular formula is C16H40N2Si2. The van der Waals surface area contributed by atoms with Gasteiger partial charge in [-0.05, 0) is 66.5 Å². The predicted octanol–water partition coefficient (Wildman–Crippen LogP) is 2.58. The Labute approximate surface area is 133 Å². The van der Waals surface area contributed by atoms with Gasteiger partial charge in [0.1, 0.15) is 0 Å². The van der Waals surface area contributed by atoms with Crippen molar-refractivity contribution in [2.75, 3.05) is 13.1 Å². The van der Waals surface area contributed by atoms with Crippen LogP contribution in [0, 0.1) is 11.8 Å². The van der Waals surface area contributed by atoms with Gasteiger partial charge in [0.25, 0.3) is 0 Å². The van der Waals surface area contributed by atoms with Crippen LogP contribution >= 0.6 is 0 Å². The summed E-state index contributed by atoms with van der Waals surface area (Å²) in [5.74, 6) is 1.56. The molecular weight excluding hydrogens is 276 g/mol. The van der Waals surface area contributed by atoms with Gasteiger partial charge in [-0.15, -0.1) is 0 Å². The summed E-state index contributed by atoms with van der Waals surface area (Å²) in [5.41, 5.74) is 0.704. The van der Waals surface area contributed by atoms with Crippen LogP contribution in [0.25, 0.3) is 0 Å². The molecule has 0 saturated carbocycles. The molecule has 0 unspecified atom stereocenters. The van der Waals surface area contributed by atoms with Crippen molar-refractivity contribution in [1.29, 1.82) is 0 Å². The van der Waals surface area contributed by atoms with Crippen molar-refractivity contribution in [3.05, 3.63) is 0 Å². The summed E-state index contributed by atoms with van der Waals surface area (Å²) in [6.07, 6.45) is 0. The number of rotatable bonds is 7. The first kappa shape index (κ1) is 20.4. The summed E-state index contributed by atoms with van der Waals surface area (Å²) in [6, 6.07) is 0. The summed E-state index contributed by atoms with van der Waals surface area (Å²) < 4.78 is 5.67. The van der Waals surface area contributed by atoms with Crippen molar-refractivity contribution >= 4 is 18.4 Å². The lowest BCUT2D eigenvalue weighted by molar-refractivity contribution is 0.222. The van der Waals surface area contributed by atoms with E-state index in [-0.39, 0.29) is 18.4 Å². The van der Waals surface area contributed by atoms with Crippen molar-refractivity contribution in [1.82, 2.24) is 9.13 Å². The van der Waals surface area contributed by atoms with E-state index in [1.54, 1.807) is 0 Å². The lowest BCUT2D eigenvalue weighted by Gasteiger charge is -2.42. The fourth-order valence-corrected chi connectivity index (χ4v) is 12.3. The highest BCUT2D eigenvalue weighted by atomic mass is 29.2. The largest absolute Gasteiger partial charge is 0.326 e. The standard InChI is InChI=1S/C16H40N2Si2/c1-13(2)11-17(15(5,6)7)19-20-18(12-14(3)4)16(8,9)10/h13-14H,11-12,19-20H2,1-10H3. The molecule has 0 aliphatic heterocycles. The molecule has 0 aliphatic rings. The summed E-state index contributed by atoms with van der Waals surface area (Å²) >= 11 is 0. The summed E-state index contributed by atoms with van der Waals surface area (Å²) in [4.78, 5) is 0. The van der Waals surface area contributed by atoms with Crippen LogP contribution in [0.3, 0.4) is 0 Å². The van der Waals surface area contributed by atoms with Crippen molar-refractivity contribution in [3.8, 4) is 0 Å². The van der Waals surface area contributed by atoms with Crippen LogP contribution in [0.5, 0.6) is 0 Å². The molecule has 0 spiro atoms. The van der Waals surface area contributed by atoms with E-state index in [4.69, 9.17) is 0 Å². The van der Waals surface area contributed by atoms with E-state index < -0.39 is 0 Å². The lowest BCUT2D eigenvalue weighted by Crippen LogP contribution is -2.55. The molecule has 0 saturated heterocycles. The number of hydrogen-bond acceptors (Lipinski definition) is 2. The highest BCUT2D eigenvalue weighted by Crippen LogP contribution is 2.17. The van der Waals surface area contributed by atoms with Crippen molar-refractivity contribution in [2.45, 2.75) is 80.3 Å². The highest BCUT2D eigenvalue weighted by molar-refractivity contribution is 6.97. The maximum atomic E-state index is 2.84. The molecule has 122 valence electrons. The quantitative estimate of drug-likeness (QED) is 0.666. The molecule has 0 heterocycles. The average molecular weight is 317 g/mol. The Morgan fingerprint density at radius 1 is 0.650 bits per heavy atom. The minimum atomic E-state index is -0.0938. The molecule has 0 amide bonds. The maximum absolute atomic E-state index is 2.84. The molecule has 0 aromatic heterocycles. The molecule has 0 radical (unpaired) electrons. The SMILES string of the molecule is CC(C)CN([SiH2][SiH2]N(CC(C)C)C(C)(C)C)C(C)(C)C. The van der Waals surface area contributed by atoms with Crippen LogP contribution in [0.15, 0.2) is 0 Å². The average Bonchev–Trinajstić information content (AvgIpc) is 2.17. The smallest absolute Gasteiger partial charge is 0.0975 e. The zero-order valence-corrected chi connectivity index (χ0v) is 18.7. The van der Waals surface area contributed by atoms with Crippen LogP contribution in [0.1, 0.15) is 69.2 Å². The maximum Gasteiger partial charge on any atom is 0.0975 e. The normalized spacial score (nSPS) is 15.3. The number of hydrogen-bond donors (Lipinski definition) is 0. The molecule has 0 aromatic carbocycles. The molecule has 0 N–H and O–H groups in total. The topological polar surface area (TPSA) is 6.48 Å². The molecule has 0 aliphatic carbocycles.